The predicted molar refractivity (Wildman–Crippen MR) is 158 cm³/mol. The second-order valence-electron chi connectivity index (χ2n) is 10.7. The van der Waals surface area contributed by atoms with E-state index in [1.54, 1.807) is 30.7 Å². The van der Waals surface area contributed by atoms with E-state index in [4.69, 9.17) is 16.0 Å². The van der Waals surface area contributed by atoms with Crippen LogP contribution in [0.3, 0.4) is 0 Å². The van der Waals surface area contributed by atoms with Gasteiger partial charge in [0.25, 0.3) is 0 Å². The third kappa shape index (κ3) is 5.74. The lowest BCUT2D eigenvalue weighted by molar-refractivity contribution is 0.273. The number of benzene rings is 1. The van der Waals surface area contributed by atoms with E-state index >= 15 is 0 Å². The standard InChI is InChI=1S/C27H31ClN6O3SSi/c1-27(2,3)39(5,6)37-12-11-32-10-9-19-15-30-16-22(23(19)32)34-24(35)31-25(38-4)33(26(34)36)17-20-13-18(14-29)7-8-21(20)28/h7-10,13,15-16H,11-12,17H2,1-6H3. The molecule has 0 N–H and O–H groups in total. The van der Waals surface area contributed by atoms with Crippen LogP contribution in [0.1, 0.15) is 31.9 Å². The highest BCUT2D eigenvalue weighted by Crippen LogP contribution is 2.36. The van der Waals surface area contributed by atoms with Gasteiger partial charge in [-0.25, -0.2) is 14.2 Å². The molecule has 4 rings (SSSR count). The van der Waals surface area contributed by atoms with Gasteiger partial charge in [-0.1, -0.05) is 44.1 Å². The van der Waals surface area contributed by atoms with Crippen molar-refractivity contribution in [3.8, 4) is 11.8 Å². The largest absolute Gasteiger partial charge is 0.415 e. The van der Waals surface area contributed by atoms with Crippen LogP contribution >= 0.6 is 23.4 Å². The highest BCUT2D eigenvalue weighted by molar-refractivity contribution is 7.98. The lowest BCUT2D eigenvalue weighted by Gasteiger charge is -2.36. The van der Waals surface area contributed by atoms with Gasteiger partial charge in [0, 0.05) is 29.3 Å². The molecular weight excluding hydrogens is 552 g/mol. The van der Waals surface area contributed by atoms with Crippen LogP contribution in [0.25, 0.3) is 16.6 Å². The number of aromatic nitrogens is 5. The maximum atomic E-state index is 13.9. The number of hydrogen-bond acceptors (Lipinski definition) is 7. The molecule has 0 bridgehead atoms. The molecule has 3 heterocycles. The first-order chi connectivity index (χ1) is 18.4. The van der Waals surface area contributed by atoms with E-state index in [0.717, 1.165) is 9.95 Å². The number of nitrogens with zero attached hydrogens (tertiary/aromatic N) is 6. The number of rotatable bonds is 8. The monoisotopic (exact) mass is 582 g/mol. The molecule has 39 heavy (non-hydrogen) atoms. The van der Waals surface area contributed by atoms with Crippen molar-refractivity contribution >= 4 is 42.6 Å². The third-order valence-electron chi connectivity index (χ3n) is 7.21. The summed E-state index contributed by atoms with van der Waals surface area (Å²) in [4.78, 5) is 35.6. The number of fused-ring (bicyclic) bond motifs is 1. The first-order valence-electron chi connectivity index (χ1n) is 12.4. The second-order valence-corrected chi connectivity index (χ2v) is 16.7. The first-order valence-corrected chi connectivity index (χ1v) is 16.9. The fourth-order valence-electron chi connectivity index (χ4n) is 4.01. The van der Waals surface area contributed by atoms with E-state index in [1.807, 2.05) is 16.8 Å². The molecule has 9 nitrogen and oxygen atoms in total. The van der Waals surface area contributed by atoms with Crippen LogP contribution in [-0.2, 0) is 17.5 Å². The fourth-order valence-corrected chi connectivity index (χ4v) is 5.76. The van der Waals surface area contributed by atoms with Crippen LogP contribution in [-0.4, -0.2) is 44.8 Å². The Morgan fingerprint density at radius 2 is 1.92 bits per heavy atom. The minimum Gasteiger partial charge on any atom is -0.415 e. The van der Waals surface area contributed by atoms with Gasteiger partial charge in [0.2, 0.25) is 0 Å². The highest BCUT2D eigenvalue weighted by Gasteiger charge is 2.37. The SMILES string of the molecule is CSc1nc(=O)n(-c2cncc3ccn(CCO[Si](C)(C)C(C)(C)C)c23)c(=O)n1Cc1cc(C#N)ccc1Cl. The van der Waals surface area contributed by atoms with E-state index < -0.39 is 19.7 Å². The van der Waals surface area contributed by atoms with Crippen molar-refractivity contribution in [1.29, 1.82) is 5.26 Å². The first kappa shape index (κ1) is 28.8. The summed E-state index contributed by atoms with van der Waals surface area (Å²) >= 11 is 7.57. The molecule has 3 aromatic heterocycles. The normalized spacial score (nSPS) is 12.2. The zero-order valence-electron chi connectivity index (χ0n) is 22.9. The molecule has 4 aromatic rings. The topological polar surface area (TPSA) is 108 Å². The van der Waals surface area contributed by atoms with Gasteiger partial charge in [0.15, 0.2) is 13.5 Å². The van der Waals surface area contributed by atoms with Gasteiger partial charge < -0.3 is 8.99 Å². The molecule has 0 radical (unpaired) electrons. The highest BCUT2D eigenvalue weighted by atomic mass is 35.5. The number of thioether (sulfide) groups is 1. The Morgan fingerprint density at radius 3 is 2.59 bits per heavy atom. The lowest BCUT2D eigenvalue weighted by atomic mass is 10.1. The number of nitriles is 1. The Labute approximate surface area is 237 Å². The summed E-state index contributed by atoms with van der Waals surface area (Å²) in [6.45, 7) is 12.1. The van der Waals surface area contributed by atoms with Gasteiger partial charge in [-0.3, -0.25) is 9.55 Å². The van der Waals surface area contributed by atoms with Crippen molar-refractivity contribution < 1.29 is 4.43 Å². The van der Waals surface area contributed by atoms with Gasteiger partial charge >= 0.3 is 11.4 Å². The predicted octanol–water partition coefficient (Wildman–Crippen LogP) is 5.06. The van der Waals surface area contributed by atoms with E-state index in [2.05, 4.69) is 49.9 Å². The van der Waals surface area contributed by atoms with Gasteiger partial charge in [0.05, 0.1) is 42.2 Å². The number of hydrogen-bond donors (Lipinski definition) is 0. The minimum atomic E-state index is -1.95. The van der Waals surface area contributed by atoms with Crippen molar-refractivity contribution in [1.82, 2.24) is 23.7 Å². The van der Waals surface area contributed by atoms with Gasteiger partial charge in [-0.15, -0.1) is 0 Å². The van der Waals surface area contributed by atoms with Crippen molar-refractivity contribution in [3.05, 3.63) is 80.0 Å². The number of pyridine rings is 1. The number of halogens is 1. The Balaban J connectivity index is 1.81. The minimum absolute atomic E-state index is 0.0431. The Kier molecular flexibility index (Phi) is 8.23. The molecule has 0 aliphatic heterocycles. The van der Waals surface area contributed by atoms with Crippen LogP contribution in [0.2, 0.25) is 23.2 Å². The Hall–Kier alpha value is -3.17. The summed E-state index contributed by atoms with van der Waals surface area (Å²) < 4.78 is 10.8. The molecule has 0 saturated carbocycles. The van der Waals surface area contributed by atoms with Gasteiger partial charge in [-0.05, 0) is 54.2 Å². The second kappa shape index (κ2) is 11.1. The smallest absolute Gasteiger partial charge is 0.358 e. The molecule has 0 spiro atoms. The van der Waals surface area contributed by atoms with Crippen LogP contribution in [0.15, 0.2) is 57.6 Å². The fraction of sp³-hybridized carbons (Fsp3) is 0.370. The van der Waals surface area contributed by atoms with Crippen LogP contribution in [0.4, 0.5) is 0 Å². The Morgan fingerprint density at radius 1 is 1.18 bits per heavy atom. The molecule has 0 saturated heterocycles. The van der Waals surface area contributed by atoms with Crippen LogP contribution < -0.4 is 11.4 Å². The quantitative estimate of drug-likeness (QED) is 0.211. The summed E-state index contributed by atoms with van der Waals surface area (Å²) in [7, 11) is -1.95. The van der Waals surface area contributed by atoms with E-state index in [-0.39, 0.29) is 16.7 Å². The van der Waals surface area contributed by atoms with Crippen molar-refractivity contribution in [3.63, 3.8) is 0 Å². The Bertz CT molecular complexity index is 1700. The zero-order valence-corrected chi connectivity index (χ0v) is 25.4. The molecular formula is C27H31ClN6O3SSi. The maximum absolute atomic E-state index is 13.9. The van der Waals surface area contributed by atoms with E-state index in [9.17, 15) is 14.9 Å². The van der Waals surface area contributed by atoms with Crippen LogP contribution in [0, 0.1) is 11.3 Å². The molecule has 204 valence electrons. The molecule has 0 fully saturated rings. The van der Waals surface area contributed by atoms with Crippen molar-refractivity contribution in [2.45, 2.75) is 57.1 Å². The summed E-state index contributed by atoms with van der Waals surface area (Å²) in [5.41, 5.74) is 0.751. The van der Waals surface area contributed by atoms with Crippen LogP contribution in [0.5, 0.6) is 0 Å². The lowest BCUT2D eigenvalue weighted by Crippen LogP contribution is -2.42. The molecule has 1 aromatic carbocycles. The van der Waals surface area contributed by atoms with Gasteiger partial charge in [0.1, 0.15) is 0 Å². The summed E-state index contributed by atoms with van der Waals surface area (Å²) in [6, 6.07) is 8.84. The summed E-state index contributed by atoms with van der Waals surface area (Å²) in [5.74, 6) is 0. The average Bonchev–Trinajstić information content (AvgIpc) is 3.29. The summed E-state index contributed by atoms with van der Waals surface area (Å²) in [6.07, 6.45) is 6.85. The van der Waals surface area contributed by atoms with Crippen molar-refractivity contribution in [2.24, 2.45) is 0 Å². The van der Waals surface area contributed by atoms with Gasteiger partial charge in [-0.2, -0.15) is 10.2 Å². The molecule has 0 atom stereocenters. The molecule has 0 aliphatic rings. The molecule has 0 aliphatic carbocycles. The maximum Gasteiger partial charge on any atom is 0.358 e. The molecule has 0 unspecified atom stereocenters. The average molecular weight is 583 g/mol. The van der Waals surface area contributed by atoms with Crippen molar-refractivity contribution in [2.75, 3.05) is 12.9 Å². The summed E-state index contributed by atoms with van der Waals surface area (Å²) in [5, 5.41) is 10.8. The van der Waals surface area contributed by atoms with E-state index in [1.165, 1.54) is 22.5 Å². The molecule has 12 heteroatoms. The zero-order chi connectivity index (χ0) is 28.5. The molecule has 0 amide bonds. The van der Waals surface area contributed by atoms with E-state index in [0.29, 0.717) is 40.5 Å². The third-order valence-corrected chi connectivity index (χ3v) is 12.8.